The number of hydrogen-bond acceptors (Lipinski definition) is 4. The summed E-state index contributed by atoms with van der Waals surface area (Å²) in [6, 6.07) is 6.59. The fraction of sp³-hybridized carbons (Fsp3) is 0.467. The molecule has 0 aliphatic rings. The molecule has 5 nitrogen and oxygen atoms in total. The Morgan fingerprint density at radius 2 is 1.95 bits per heavy atom. The molecule has 0 aliphatic carbocycles. The lowest BCUT2D eigenvalue weighted by Gasteiger charge is -2.24. The molecule has 20 heavy (non-hydrogen) atoms. The summed E-state index contributed by atoms with van der Waals surface area (Å²) in [5.41, 5.74) is 0.863. The number of ether oxygens (including phenoxy) is 1. The SMILES string of the molecule is C=C(NC[C@H](C)c1ccc([N+](=O)[O-])cc1)OC(C)(C)C. The van der Waals surface area contributed by atoms with E-state index in [4.69, 9.17) is 4.74 Å². The van der Waals surface area contributed by atoms with Gasteiger partial charge in [-0.3, -0.25) is 10.1 Å². The van der Waals surface area contributed by atoms with Crippen LogP contribution in [-0.4, -0.2) is 17.1 Å². The van der Waals surface area contributed by atoms with Crippen LogP contribution in [0.4, 0.5) is 5.69 Å². The molecule has 0 spiro atoms. The minimum atomic E-state index is -0.397. The van der Waals surface area contributed by atoms with Gasteiger partial charge in [-0.2, -0.15) is 0 Å². The van der Waals surface area contributed by atoms with Crippen molar-refractivity contribution in [1.29, 1.82) is 0 Å². The predicted molar refractivity (Wildman–Crippen MR) is 79.5 cm³/mol. The topological polar surface area (TPSA) is 64.4 Å². The van der Waals surface area contributed by atoms with Gasteiger partial charge in [0, 0.05) is 18.7 Å². The lowest BCUT2D eigenvalue weighted by atomic mass is 10.0. The van der Waals surface area contributed by atoms with E-state index in [1.165, 1.54) is 12.1 Å². The number of nitro groups is 1. The summed E-state index contributed by atoms with van der Waals surface area (Å²) in [4.78, 5) is 10.2. The van der Waals surface area contributed by atoms with Crippen LogP contribution in [0.1, 0.15) is 39.2 Å². The first-order valence-electron chi connectivity index (χ1n) is 6.55. The Bertz CT molecular complexity index is 475. The van der Waals surface area contributed by atoms with Crippen molar-refractivity contribution in [3.8, 4) is 0 Å². The predicted octanol–water partition coefficient (Wildman–Crippen LogP) is 3.57. The van der Waals surface area contributed by atoms with Crippen LogP contribution < -0.4 is 5.32 Å². The molecule has 0 fully saturated rings. The third-order valence-electron chi connectivity index (χ3n) is 2.71. The summed E-state index contributed by atoms with van der Waals surface area (Å²) in [5, 5.41) is 13.7. The van der Waals surface area contributed by atoms with Gasteiger partial charge in [-0.15, -0.1) is 0 Å². The quantitative estimate of drug-likeness (QED) is 0.491. The van der Waals surface area contributed by atoms with Crippen molar-refractivity contribution in [2.45, 2.75) is 39.2 Å². The molecule has 0 unspecified atom stereocenters. The summed E-state index contributed by atoms with van der Waals surface area (Å²) in [6.07, 6.45) is 0. The maximum absolute atomic E-state index is 10.6. The highest BCUT2D eigenvalue weighted by molar-refractivity contribution is 5.34. The highest BCUT2D eigenvalue weighted by atomic mass is 16.6. The van der Waals surface area contributed by atoms with Gasteiger partial charge in [0.15, 0.2) is 5.88 Å². The van der Waals surface area contributed by atoms with Crippen LogP contribution in [0.2, 0.25) is 0 Å². The Balaban J connectivity index is 2.52. The molecule has 5 heteroatoms. The molecule has 1 aromatic rings. The molecule has 1 aromatic carbocycles. The molecule has 0 saturated carbocycles. The van der Waals surface area contributed by atoms with Crippen molar-refractivity contribution in [2.24, 2.45) is 0 Å². The molecule has 110 valence electrons. The van der Waals surface area contributed by atoms with Crippen LogP contribution in [0.25, 0.3) is 0 Å². The first-order valence-corrected chi connectivity index (χ1v) is 6.55. The highest BCUT2D eigenvalue weighted by Crippen LogP contribution is 2.19. The van der Waals surface area contributed by atoms with Gasteiger partial charge < -0.3 is 10.1 Å². The average molecular weight is 278 g/mol. The summed E-state index contributed by atoms with van der Waals surface area (Å²) < 4.78 is 5.58. The molecule has 0 bridgehead atoms. The molecular formula is C15H22N2O3. The van der Waals surface area contributed by atoms with Crippen molar-refractivity contribution in [2.75, 3.05) is 6.54 Å². The number of hydrogen-bond donors (Lipinski definition) is 1. The molecule has 0 radical (unpaired) electrons. The highest BCUT2D eigenvalue weighted by Gasteiger charge is 2.13. The van der Waals surface area contributed by atoms with E-state index >= 15 is 0 Å². The van der Waals surface area contributed by atoms with Gasteiger partial charge in [-0.25, -0.2) is 0 Å². The van der Waals surface area contributed by atoms with Gasteiger partial charge in [0.2, 0.25) is 0 Å². The molecule has 0 saturated heterocycles. The molecule has 0 aromatic heterocycles. The van der Waals surface area contributed by atoms with Crippen molar-refractivity contribution < 1.29 is 9.66 Å². The second-order valence-electron chi connectivity index (χ2n) is 5.77. The molecule has 0 aliphatic heterocycles. The summed E-state index contributed by atoms with van der Waals surface area (Å²) in [5.74, 6) is 0.738. The van der Waals surface area contributed by atoms with Gasteiger partial charge >= 0.3 is 0 Å². The smallest absolute Gasteiger partial charge is 0.269 e. The van der Waals surface area contributed by atoms with Crippen molar-refractivity contribution in [1.82, 2.24) is 5.32 Å². The van der Waals surface area contributed by atoms with Gasteiger partial charge in [-0.1, -0.05) is 19.1 Å². The van der Waals surface area contributed by atoms with Gasteiger partial charge in [0.25, 0.3) is 5.69 Å². The van der Waals surface area contributed by atoms with E-state index in [-0.39, 0.29) is 17.2 Å². The number of nitro benzene ring substituents is 1. The van der Waals surface area contributed by atoms with E-state index in [9.17, 15) is 10.1 Å². The van der Waals surface area contributed by atoms with Crippen LogP contribution in [0.15, 0.2) is 36.7 Å². The average Bonchev–Trinajstić information content (AvgIpc) is 2.34. The minimum Gasteiger partial charge on any atom is -0.474 e. The fourth-order valence-electron chi connectivity index (χ4n) is 1.72. The lowest BCUT2D eigenvalue weighted by molar-refractivity contribution is -0.384. The van der Waals surface area contributed by atoms with Gasteiger partial charge in [0.05, 0.1) is 4.92 Å². The van der Waals surface area contributed by atoms with E-state index in [0.29, 0.717) is 12.4 Å². The number of nitrogens with one attached hydrogen (secondary N) is 1. The number of rotatable bonds is 6. The van der Waals surface area contributed by atoms with E-state index < -0.39 is 4.92 Å². The first-order chi connectivity index (χ1) is 9.19. The maximum atomic E-state index is 10.6. The summed E-state index contributed by atoms with van der Waals surface area (Å²) >= 11 is 0. The molecular weight excluding hydrogens is 256 g/mol. The lowest BCUT2D eigenvalue weighted by Crippen LogP contribution is -2.27. The van der Waals surface area contributed by atoms with Crippen molar-refractivity contribution in [3.05, 3.63) is 52.4 Å². The third-order valence-corrected chi connectivity index (χ3v) is 2.71. The Kier molecular flexibility index (Phi) is 5.13. The second kappa shape index (κ2) is 6.41. The normalized spacial score (nSPS) is 12.6. The monoisotopic (exact) mass is 278 g/mol. The molecule has 1 atom stereocenters. The second-order valence-corrected chi connectivity index (χ2v) is 5.77. The Hall–Kier alpha value is -2.04. The van der Waals surface area contributed by atoms with Crippen LogP contribution >= 0.6 is 0 Å². The zero-order valence-electron chi connectivity index (χ0n) is 12.5. The molecule has 0 amide bonds. The Labute approximate surface area is 119 Å². The zero-order chi connectivity index (χ0) is 15.3. The summed E-state index contributed by atoms with van der Waals surface area (Å²) in [6.45, 7) is 12.4. The van der Waals surface area contributed by atoms with E-state index in [2.05, 4.69) is 11.9 Å². The molecule has 1 rings (SSSR count). The Morgan fingerprint density at radius 1 is 1.40 bits per heavy atom. The molecule has 1 N–H and O–H groups in total. The van der Waals surface area contributed by atoms with E-state index in [1.54, 1.807) is 12.1 Å². The minimum absolute atomic E-state index is 0.106. The van der Waals surface area contributed by atoms with Crippen molar-refractivity contribution >= 4 is 5.69 Å². The Morgan fingerprint density at radius 3 is 2.40 bits per heavy atom. The zero-order valence-corrected chi connectivity index (χ0v) is 12.5. The number of nitrogens with zero attached hydrogens (tertiary/aromatic N) is 1. The first kappa shape index (κ1) is 16.0. The molecule has 0 heterocycles. The van der Waals surface area contributed by atoms with Crippen LogP contribution in [0, 0.1) is 10.1 Å². The van der Waals surface area contributed by atoms with Gasteiger partial charge in [0.1, 0.15) is 5.60 Å². The number of benzene rings is 1. The summed E-state index contributed by atoms with van der Waals surface area (Å²) in [7, 11) is 0. The van der Waals surface area contributed by atoms with Gasteiger partial charge in [-0.05, 0) is 38.8 Å². The van der Waals surface area contributed by atoms with E-state index in [1.807, 2.05) is 27.7 Å². The van der Waals surface area contributed by atoms with Crippen LogP contribution in [-0.2, 0) is 4.74 Å². The fourth-order valence-corrected chi connectivity index (χ4v) is 1.72. The third kappa shape index (κ3) is 5.30. The van der Waals surface area contributed by atoms with Crippen molar-refractivity contribution in [3.63, 3.8) is 0 Å². The van der Waals surface area contributed by atoms with E-state index in [0.717, 1.165) is 5.56 Å². The standard InChI is InChI=1S/C15H22N2O3/c1-11(10-16-12(2)20-15(3,4)5)13-6-8-14(9-7-13)17(18)19/h6-9,11,16H,2,10H2,1,3-5H3/t11-/m0/s1. The van der Waals surface area contributed by atoms with Crippen LogP contribution in [0.5, 0.6) is 0 Å². The maximum Gasteiger partial charge on any atom is 0.269 e. The van der Waals surface area contributed by atoms with Crippen LogP contribution in [0.3, 0.4) is 0 Å². The number of non-ortho nitro benzene ring substituents is 1. The largest absolute Gasteiger partial charge is 0.474 e.